The summed E-state index contributed by atoms with van der Waals surface area (Å²) in [5, 5.41) is 4.54. The molecular weight excluding hydrogens is 368 g/mol. The van der Waals surface area contributed by atoms with Gasteiger partial charge in [-0.2, -0.15) is 18.4 Å². The first-order valence-electron chi connectivity index (χ1n) is 8.88. The van der Waals surface area contributed by atoms with Crippen molar-refractivity contribution in [2.24, 2.45) is 5.10 Å². The van der Waals surface area contributed by atoms with Crippen LogP contribution in [0.3, 0.4) is 0 Å². The number of benzene rings is 2. The minimum absolute atomic E-state index is 0.131. The van der Waals surface area contributed by atoms with E-state index in [-0.39, 0.29) is 4.90 Å². The van der Waals surface area contributed by atoms with Crippen LogP contribution in [0.4, 0.5) is 0 Å². The van der Waals surface area contributed by atoms with Crippen molar-refractivity contribution in [3.63, 3.8) is 0 Å². The average molecular weight is 391 g/mol. The van der Waals surface area contributed by atoms with E-state index in [2.05, 4.69) is 22.1 Å². The number of hydrogen-bond donors (Lipinski definition) is 1. The molecule has 0 bridgehead atoms. The number of rotatable bonds is 5. The molecule has 0 atom stereocenters. The molecule has 1 fully saturated rings. The van der Waals surface area contributed by atoms with E-state index in [4.69, 9.17) is 11.6 Å². The average Bonchev–Trinajstić information content (AvgIpc) is 2.67. The van der Waals surface area contributed by atoms with Gasteiger partial charge >= 0.3 is 0 Å². The molecule has 0 saturated heterocycles. The van der Waals surface area contributed by atoms with Gasteiger partial charge in [-0.25, -0.2) is 0 Å². The summed E-state index contributed by atoms with van der Waals surface area (Å²) in [6.45, 7) is 1.79. The first-order chi connectivity index (χ1) is 12.5. The lowest BCUT2D eigenvalue weighted by molar-refractivity contribution is 0.443. The van der Waals surface area contributed by atoms with Crippen molar-refractivity contribution < 1.29 is 8.42 Å². The molecule has 2 aromatic rings. The highest BCUT2D eigenvalue weighted by Crippen LogP contribution is 2.32. The normalized spacial score (nSPS) is 16.5. The lowest BCUT2D eigenvalue weighted by Crippen LogP contribution is -2.19. The van der Waals surface area contributed by atoms with E-state index in [1.165, 1.54) is 61.9 Å². The third-order valence-corrected chi connectivity index (χ3v) is 6.34. The van der Waals surface area contributed by atoms with Crippen molar-refractivity contribution in [3.8, 4) is 0 Å². The Morgan fingerprint density at radius 3 is 2.23 bits per heavy atom. The van der Waals surface area contributed by atoms with E-state index in [0.29, 0.717) is 16.7 Å². The van der Waals surface area contributed by atoms with Crippen molar-refractivity contribution in [2.45, 2.75) is 49.8 Å². The highest BCUT2D eigenvalue weighted by molar-refractivity contribution is 7.89. The van der Waals surface area contributed by atoms with Crippen molar-refractivity contribution in [2.75, 3.05) is 0 Å². The molecule has 1 N–H and O–H groups in total. The maximum atomic E-state index is 12.3. The summed E-state index contributed by atoms with van der Waals surface area (Å²) >= 11 is 5.80. The van der Waals surface area contributed by atoms with E-state index < -0.39 is 10.0 Å². The van der Waals surface area contributed by atoms with Crippen molar-refractivity contribution in [3.05, 3.63) is 64.7 Å². The summed E-state index contributed by atoms with van der Waals surface area (Å²) in [7, 11) is -3.70. The van der Waals surface area contributed by atoms with Gasteiger partial charge in [0.1, 0.15) is 0 Å². The smallest absolute Gasteiger partial charge is 0.200 e. The maximum absolute atomic E-state index is 12.3. The Morgan fingerprint density at radius 2 is 1.62 bits per heavy atom. The van der Waals surface area contributed by atoms with Crippen LogP contribution in [0.2, 0.25) is 5.02 Å². The van der Waals surface area contributed by atoms with Gasteiger partial charge in [0, 0.05) is 5.02 Å². The third kappa shape index (κ3) is 4.65. The number of nitrogens with one attached hydrogen (secondary N) is 1. The quantitative estimate of drug-likeness (QED) is 0.571. The van der Waals surface area contributed by atoms with Gasteiger partial charge in [-0.1, -0.05) is 55.1 Å². The molecular formula is C20H23ClN2O2S. The fourth-order valence-electron chi connectivity index (χ4n) is 3.29. The van der Waals surface area contributed by atoms with Crippen LogP contribution in [0.1, 0.15) is 56.1 Å². The standard InChI is InChI=1S/C20H23ClN2O2S/c1-15(22-23-26(24,25)20-13-11-19(21)12-14-20)16-7-9-18(10-8-16)17-5-3-2-4-6-17/h7-14,17,23H,2-6H2,1H3. The van der Waals surface area contributed by atoms with Crippen LogP contribution in [-0.2, 0) is 10.0 Å². The van der Waals surface area contributed by atoms with Crippen LogP contribution in [0.25, 0.3) is 0 Å². The van der Waals surface area contributed by atoms with Crippen LogP contribution in [-0.4, -0.2) is 14.1 Å². The number of nitrogens with zero attached hydrogens (tertiary/aromatic N) is 1. The Kier molecular flexibility index (Phi) is 5.99. The molecule has 4 nitrogen and oxygen atoms in total. The molecule has 6 heteroatoms. The van der Waals surface area contributed by atoms with E-state index >= 15 is 0 Å². The molecule has 0 heterocycles. The predicted octanol–water partition coefficient (Wildman–Crippen LogP) is 5.09. The van der Waals surface area contributed by atoms with Crippen LogP contribution >= 0.6 is 11.6 Å². The summed E-state index contributed by atoms with van der Waals surface area (Å²) in [5.41, 5.74) is 2.89. The van der Waals surface area contributed by atoms with Gasteiger partial charge in [0.25, 0.3) is 10.0 Å². The zero-order valence-electron chi connectivity index (χ0n) is 14.8. The van der Waals surface area contributed by atoms with Gasteiger partial charge in [0.15, 0.2) is 0 Å². The fourth-order valence-corrected chi connectivity index (χ4v) is 4.27. The number of sulfonamides is 1. The second kappa shape index (κ2) is 8.23. The lowest BCUT2D eigenvalue weighted by Gasteiger charge is -2.22. The molecule has 0 spiro atoms. The van der Waals surface area contributed by atoms with Crippen LogP contribution < -0.4 is 4.83 Å². The summed E-state index contributed by atoms with van der Waals surface area (Å²) in [5.74, 6) is 0.651. The van der Waals surface area contributed by atoms with Gasteiger partial charge in [-0.05, 0) is 61.1 Å². The zero-order valence-corrected chi connectivity index (χ0v) is 16.4. The monoisotopic (exact) mass is 390 g/mol. The van der Waals surface area contributed by atoms with Gasteiger partial charge in [0.05, 0.1) is 10.6 Å². The zero-order chi connectivity index (χ0) is 18.6. The largest absolute Gasteiger partial charge is 0.276 e. The molecule has 0 aromatic heterocycles. The summed E-state index contributed by atoms with van der Waals surface area (Å²) in [6, 6.07) is 14.3. The summed E-state index contributed by atoms with van der Waals surface area (Å²) in [4.78, 5) is 2.42. The SMILES string of the molecule is CC(=NNS(=O)(=O)c1ccc(Cl)cc1)c1ccc(C2CCCCC2)cc1. The minimum atomic E-state index is -3.70. The number of hydrazone groups is 1. The number of halogens is 1. The van der Waals surface area contributed by atoms with Crippen molar-refractivity contribution >= 4 is 27.3 Å². The van der Waals surface area contributed by atoms with Crippen LogP contribution in [0.15, 0.2) is 58.5 Å². The highest BCUT2D eigenvalue weighted by Gasteiger charge is 2.16. The summed E-state index contributed by atoms with van der Waals surface area (Å²) in [6.07, 6.45) is 6.47. The Morgan fingerprint density at radius 1 is 1.00 bits per heavy atom. The van der Waals surface area contributed by atoms with Crippen LogP contribution in [0.5, 0.6) is 0 Å². The van der Waals surface area contributed by atoms with E-state index in [1.54, 1.807) is 6.92 Å². The highest BCUT2D eigenvalue weighted by atomic mass is 35.5. The molecule has 2 aromatic carbocycles. The fraction of sp³-hybridized carbons (Fsp3) is 0.350. The molecule has 1 saturated carbocycles. The van der Waals surface area contributed by atoms with E-state index in [1.807, 2.05) is 12.1 Å². The van der Waals surface area contributed by atoms with Crippen molar-refractivity contribution in [1.82, 2.24) is 4.83 Å². The molecule has 1 aliphatic rings. The Hall–Kier alpha value is -1.85. The van der Waals surface area contributed by atoms with Gasteiger partial charge in [-0.3, -0.25) is 0 Å². The summed E-state index contributed by atoms with van der Waals surface area (Å²) < 4.78 is 24.6. The molecule has 0 radical (unpaired) electrons. The maximum Gasteiger partial charge on any atom is 0.276 e. The minimum Gasteiger partial charge on any atom is -0.200 e. The van der Waals surface area contributed by atoms with Gasteiger partial charge in [-0.15, -0.1) is 0 Å². The van der Waals surface area contributed by atoms with Crippen molar-refractivity contribution in [1.29, 1.82) is 0 Å². The second-order valence-electron chi connectivity index (χ2n) is 6.70. The van der Waals surface area contributed by atoms with Gasteiger partial charge < -0.3 is 0 Å². The van der Waals surface area contributed by atoms with Gasteiger partial charge in [0.2, 0.25) is 0 Å². The molecule has 138 valence electrons. The number of hydrogen-bond acceptors (Lipinski definition) is 3. The Bertz CT molecular complexity index is 869. The third-order valence-electron chi connectivity index (χ3n) is 4.86. The van der Waals surface area contributed by atoms with E-state index in [9.17, 15) is 8.42 Å². The van der Waals surface area contributed by atoms with Crippen LogP contribution in [0, 0.1) is 0 Å². The molecule has 1 aliphatic carbocycles. The molecule has 26 heavy (non-hydrogen) atoms. The Balaban J connectivity index is 1.70. The van der Waals surface area contributed by atoms with E-state index in [0.717, 1.165) is 5.56 Å². The molecule has 0 unspecified atom stereocenters. The Labute approximate surface area is 160 Å². The molecule has 3 rings (SSSR count). The topological polar surface area (TPSA) is 58.5 Å². The molecule has 0 aliphatic heterocycles. The lowest BCUT2D eigenvalue weighted by atomic mass is 9.84. The predicted molar refractivity (Wildman–Crippen MR) is 106 cm³/mol. The molecule has 0 amide bonds. The first-order valence-corrected chi connectivity index (χ1v) is 10.7. The first kappa shape index (κ1) is 18.9. The second-order valence-corrected chi connectivity index (χ2v) is 8.80.